The average molecular weight is 465 g/mol. The molecule has 0 spiro atoms. The van der Waals surface area contributed by atoms with Gasteiger partial charge in [0, 0.05) is 5.02 Å². The number of hydrogen-bond acceptors (Lipinski definition) is 5. The fourth-order valence-corrected chi connectivity index (χ4v) is 3.50. The number of carbonyl (C=O) groups is 2. The quantitative estimate of drug-likeness (QED) is 0.328. The van der Waals surface area contributed by atoms with Crippen LogP contribution in [0.3, 0.4) is 0 Å². The van der Waals surface area contributed by atoms with Crippen LogP contribution in [-0.4, -0.2) is 24.0 Å². The molecule has 0 atom stereocenters. The van der Waals surface area contributed by atoms with Gasteiger partial charge < -0.3 is 9.47 Å². The predicted molar refractivity (Wildman–Crippen MR) is 127 cm³/mol. The molecule has 1 aliphatic rings. The number of benzene rings is 3. The second-order valence-corrected chi connectivity index (χ2v) is 7.61. The number of amides is 2. The van der Waals surface area contributed by atoms with Gasteiger partial charge in [-0.1, -0.05) is 23.7 Å². The minimum absolute atomic E-state index is 0.0102. The van der Waals surface area contributed by atoms with Gasteiger partial charge in [0.2, 0.25) is 0 Å². The molecular formula is C24H17ClN2O4S. The van der Waals surface area contributed by atoms with Crippen molar-refractivity contribution in [1.82, 2.24) is 5.32 Å². The molecule has 1 heterocycles. The third-order valence-electron chi connectivity index (χ3n) is 4.65. The first kappa shape index (κ1) is 21.5. The zero-order chi connectivity index (χ0) is 22.7. The Balaban J connectivity index is 1.60. The lowest BCUT2D eigenvalue weighted by molar-refractivity contribution is -0.122. The molecule has 0 aromatic heterocycles. The molecule has 3 aromatic rings. The average Bonchev–Trinajstić information content (AvgIpc) is 2.78. The van der Waals surface area contributed by atoms with Crippen molar-refractivity contribution in [1.29, 1.82) is 0 Å². The Bertz CT molecular complexity index is 1220. The van der Waals surface area contributed by atoms with E-state index in [9.17, 15) is 9.59 Å². The number of hydrogen-bond donors (Lipinski definition) is 1. The van der Waals surface area contributed by atoms with Crippen molar-refractivity contribution in [3.8, 4) is 17.2 Å². The van der Waals surface area contributed by atoms with E-state index in [0.29, 0.717) is 27.8 Å². The predicted octanol–water partition coefficient (Wildman–Crippen LogP) is 4.97. The molecule has 4 rings (SSSR count). The topological polar surface area (TPSA) is 67.9 Å². The molecule has 3 aromatic carbocycles. The number of methoxy groups -OCH3 is 1. The summed E-state index contributed by atoms with van der Waals surface area (Å²) in [5, 5.41) is 3.10. The van der Waals surface area contributed by atoms with E-state index in [0.717, 1.165) is 5.75 Å². The van der Waals surface area contributed by atoms with Crippen LogP contribution < -0.4 is 19.7 Å². The fourth-order valence-electron chi connectivity index (χ4n) is 3.10. The highest BCUT2D eigenvalue weighted by Gasteiger charge is 2.34. The number of rotatable bonds is 5. The fraction of sp³-hybridized carbons (Fsp3) is 0.0417. The Hall–Kier alpha value is -3.68. The summed E-state index contributed by atoms with van der Waals surface area (Å²) in [5.74, 6) is 0.815. The monoisotopic (exact) mass is 464 g/mol. The van der Waals surface area contributed by atoms with Gasteiger partial charge in [-0.25, -0.2) is 0 Å². The first-order valence-electron chi connectivity index (χ1n) is 9.53. The van der Waals surface area contributed by atoms with Gasteiger partial charge in [-0.3, -0.25) is 19.8 Å². The van der Waals surface area contributed by atoms with E-state index in [2.05, 4.69) is 5.32 Å². The summed E-state index contributed by atoms with van der Waals surface area (Å²) in [6, 6.07) is 20.8. The van der Waals surface area contributed by atoms with Gasteiger partial charge in [0.05, 0.1) is 12.8 Å². The largest absolute Gasteiger partial charge is 0.497 e. The summed E-state index contributed by atoms with van der Waals surface area (Å²) in [6.45, 7) is 0. The third-order valence-corrected chi connectivity index (χ3v) is 5.19. The van der Waals surface area contributed by atoms with E-state index in [1.807, 2.05) is 0 Å². The Kier molecular flexibility index (Phi) is 6.20. The molecule has 8 heteroatoms. The Morgan fingerprint density at radius 2 is 1.62 bits per heavy atom. The Morgan fingerprint density at radius 1 is 0.938 bits per heavy atom. The van der Waals surface area contributed by atoms with Crippen LogP contribution in [0.2, 0.25) is 5.02 Å². The molecule has 0 saturated carbocycles. The molecule has 32 heavy (non-hydrogen) atoms. The van der Waals surface area contributed by atoms with Crippen LogP contribution in [0.1, 0.15) is 5.56 Å². The zero-order valence-corrected chi connectivity index (χ0v) is 18.4. The van der Waals surface area contributed by atoms with Crippen LogP contribution in [0.15, 0.2) is 78.4 Å². The molecule has 6 nitrogen and oxygen atoms in total. The molecule has 0 bridgehead atoms. The van der Waals surface area contributed by atoms with Crippen LogP contribution in [0.4, 0.5) is 5.69 Å². The van der Waals surface area contributed by atoms with E-state index < -0.39 is 11.8 Å². The molecule has 0 aliphatic carbocycles. The maximum Gasteiger partial charge on any atom is 0.270 e. The number of ether oxygens (including phenoxy) is 2. The smallest absolute Gasteiger partial charge is 0.270 e. The van der Waals surface area contributed by atoms with E-state index in [1.54, 1.807) is 79.9 Å². The maximum atomic E-state index is 13.1. The lowest BCUT2D eigenvalue weighted by Crippen LogP contribution is -2.54. The molecular weight excluding hydrogens is 448 g/mol. The number of anilines is 1. The van der Waals surface area contributed by atoms with Gasteiger partial charge in [-0.05, 0) is 84.5 Å². The first-order valence-corrected chi connectivity index (χ1v) is 10.3. The maximum absolute atomic E-state index is 13.1. The molecule has 160 valence electrons. The highest BCUT2D eigenvalue weighted by atomic mass is 35.5. The number of halogens is 1. The molecule has 0 radical (unpaired) electrons. The SMILES string of the molecule is COc1ccc(Oc2cccc(C=C3C(=O)NC(=S)N(c4ccc(Cl)cc4)C3=O)c2)cc1. The van der Waals surface area contributed by atoms with Crippen molar-refractivity contribution in [3.63, 3.8) is 0 Å². The van der Waals surface area contributed by atoms with E-state index >= 15 is 0 Å². The lowest BCUT2D eigenvalue weighted by atomic mass is 10.1. The van der Waals surface area contributed by atoms with Crippen LogP contribution in [0, 0.1) is 0 Å². The van der Waals surface area contributed by atoms with Gasteiger partial charge in [0.15, 0.2) is 5.11 Å². The Labute approximate surface area is 195 Å². The summed E-state index contributed by atoms with van der Waals surface area (Å²) < 4.78 is 11.0. The van der Waals surface area contributed by atoms with Crippen LogP contribution in [-0.2, 0) is 9.59 Å². The van der Waals surface area contributed by atoms with Crippen molar-refractivity contribution in [2.75, 3.05) is 12.0 Å². The van der Waals surface area contributed by atoms with Crippen molar-refractivity contribution < 1.29 is 19.1 Å². The normalized spacial score (nSPS) is 15.0. The van der Waals surface area contributed by atoms with Gasteiger partial charge in [0.1, 0.15) is 22.8 Å². The summed E-state index contributed by atoms with van der Waals surface area (Å²) in [5.41, 5.74) is 1.08. The number of nitrogens with one attached hydrogen (secondary N) is 1. The molecule has 2 amide bonds. The Morgan fingerprint density at radius 3 is 2.31 bits per heavy atom. The van der Waals surface area contributed by atoms with Crippen molar-refractivity contribution in [2.24, 2.45) is 0 Å². The van der Waals surface area contributed by atoms with Crippen molar-refractivity contribution in [3.05, 3.63) is 89.0 Å². The van der Waals surface area contributed by atoms with Crippen molar-refractivity contribution >= 4 is 52.5 Å². The number of nitrogens with zero attached hydrogens (tertiary/aromatic N) is 1. The highest BCUT2D eigenvalue weighted by Crippen LogP contribution is 2.27. The standard InChI is InChI=1S/C24H17ClN2O4S/c1-30-18-9-11-19(12-10-18)31-20-4-2-3-15(13-20)14-21-22(28)26-24(32)27(23(21)29)17-7-5-16(25)6-8-17/h2-14H,1H3,(H,26,28,32). The van der Waals surface area contributed by atoms with Crippen LogP contribution >= 0.6 is 23.8 Å². The van der Waals surface area contributed by atoms with E-state index in [1.165, 1.54) is 11.0 Å². The molecule has 1 saturated heterocycles. The molecule has 1 N–H and O–H groups in total. The molecule has 1 fully saturated rings. The minimum Gasteiger partial charge on any atom is -0.497 e. The summed E-state index contributed by atoms with van der Waals surface area (Å²) in [7, 11) is 1.59. The van der Waals surface area contributed by atoms with E-state index in [4.69, 9.17) is 33.3 Å². The second kappa shape index (κ2) is 9.21. The lowest BCUT2D eigenvalue weighted by Gasteiger charge is -2.29. The number of thiocarbonyl (C=S) groups is 1. The summed E-state index contributed by atoms with van der Waals surface area (Å²) >= 11 is 11.1. The number of carbonyl (C=O) groups excluding carboxylic acids is 2. The van der Waals surface area contributed by atoms with Gasteiger partial charge in [-0.2, -0.15) is 0 Å². The zero-order valence-electron chi connectivity index (χ0n) is 16.9. The molecule has 1 aliphatic heterocycles. The van der Waals surface area contributed by atoms with Crippen LogP contribution in [0.5, 0.6) is 17.2 Å². The highest BCUT2D eigenvalue weighted by molar-refractivity contribution is 7.80. The third kappa shape index (κ3) is 4.64. The first-order chi connectivity index (χ1) is 15.4. The summed E-state index contributed by atoms with van der Waals surface area (Å²) in [6.07, 6.45) is 1.50. The molecule has 0 unspecified atom stereocenters. The second-order valence-electron chi connectivity index (χ2n) is 6.78. The van der Waals surface area contributed by atoms with Gasteiger partial charge in [-0.15, -0.1) is 0 Å². The van der Waals surface area contributed by atoms with Gasteiger partial charge >= 0.3 is 0 Å². The van der Waals surface area contributed by atoms with Crippen molar-refractivity contribution in [2.45, 2.75) is 0 Å². The summed E-state index contributed by atoms with van der Waals surface area (Å²) in [4.78, 5) is 26.9. The van der Waals surface area contributed by atoms with E-state index in [-0.39, 0.29) is 10.7 Å². The van der Waals surface area contributed by atoms with Crippen LogP contribution in [0.25, 0.3) is 6.08 Å². The minimum atomic E-state index is -0.563. The van der Waals surface area contributed by atoms with Gasteiger partial charge in [0.25, 0.3) is 11.8 Å².